The number of rotatable bonds is 8. The Morgan fingerprint density at radius 3 is 2.74 bits per heavy atom. The molecule has 19 heavy (non-hydrogen) atoms. The molecule has 0 saturated heterocycles. The Morgan fingerprint density at radius 1 is 1.26 bits per heavy atom. The van der Waals surface area contributed by atoms with Gasteiger partial charge < -0.3 is 9.47 Å². The summed E-state index contributed by atoms with van der Waals surface area (Å²) in [5.41, 5.74) is 0.613. The molecular formula is C15H21FO3. The predicted octanol–water partition coefficient (Wildman–Crippen LogP) is 3.64. The molecule has 0 aliphatic heterocycles. The molecule has 0 aliphatic rings. The second kappa shape index (κ2) is 8.51. The third-order valence-electron chi connectivity index (χ3n) is 2.74. The van der Waals surface area contributed by atoms with Crippen molar-refractivity contribution in [1.82, 2.24) is 0 Å². The van der Waals surface area contributed by atoms with Crippen LogP contribution >= 0.6 is 0 Å². The molecule has 0 saturated carbocycles. The SMILES string of the molecule is CCOC(=O)CCCCCOc1ccc(C)c(F)c1. The van der Waals surface area contributed by atoms with Crippen LogP contribution in [0.5, 0.6) is 5.75 Å². The van der Waals surface area contributed by atoms with Gasteiger partial charge in [-0.3, -0.25) is 4.79 Å². The first kappa shape index (κ1) is 15.5. The summed E-state index contributed by atoms with van der Waals surface area (Å²) in [4.78, 5) is 11.1. The molecule has 0 aromatic heterocycles. The van der Waals surface area contributed by atoms with Gasteiger partial charge in [-0.15, -0.1) is 0 Å². The molecule has 0 atom stereocenters. The highest BCUT2D eigenvalue weighted by Crippen LogP contribution is 2.16. The van der Waals surface area contributed by atoms with E-state index in [4.69, 9.17) is 9.47 Å². The first-order chi connectivity index (χ1) is 9.13. The van der Waals surface area contributed by atoms with Crippen molar-refractivity contribution in [2.75, 3.05) is 13.2 Å². The summed E-state index contributed by atoms with van der Waals surface area (Å²) in [7, 11) is 0. The van der Waals surface area contributed by atoms with Gasteiger partial charge in [-0.05, 0) is 44.7 Å². The molecule has 0 aliphatic carbocycles. The van der Waals surface area contributed by atoms with Crippen molar-refractivity contribution < 1.29 is 18.7 Å². The van der Waals surface area contributed by atoms with Crippen LogP contribution in [0, 0.1) is 12.7 Å². The van der Waals surface area contributed by atoms with Gasteiger partial charge in [0.15, 0.2) is 0 Å². The normalized spacial score (nSPS) is 10.3. The van der Waals surface area contributed by atoms with E-state index < -0.39 is 0 Å². The fraction of sp³-hybridized carbons (Fsp3) is 0.533. The van der Waals surface area contributed by atoms with Gasteiger partial charge in [0, 0.05) is 12.5 Å². The van der Waals surface area contributed by atoms with Crippen LogP contribution in [0.3, 0.4) is 0 Å². The van der Waals surface area contributed by atoms with E-state index in [-0.39, 0.29) is 11.8 Å². The van der Waals surface area contributed by atoms with Crippen LogP contribution in [0.2, 0.25) is 0 Å². The van der Waals surface area contributed by atoms with E-state index in [1.165, 1.54) is 6.07 Å². The Kier molecular flexibility index (Phi) is 6.93. The van der Waals surface area contributed by atoms with E-state index in [0.29, 0.717) is 30.9 Å². The van der Waals surface area contributed by atoms with Crippen molar-refractivity contribution in [3.63, 3.8) is 0 Å². The van der Waals surface area contributed by atoms with Gasteiger partial charge in [-0.2, -0.15) is 0 Å². The Balaban J connectivity index is 2.10. The Hall–Kier alpha value is -1.58. The average Bonchev–Trinajstić information content (AvgIpc) is 2.38. The summed E-state index contributed by atoms with van der Waals surface area (Å²) in [6.45, 7) is 4.48. The number of benzene rings is 1. The number of hydrogen-bond acceptors (Lipinski definition) is 3. The van der Waals surface area contributed by atoms with Gasteiger partial charge in [0.05, 0.1) is 13.2 Å². The number of carbonyl (C=O) groups is 1. The standard InChI is InChI=1S/C15H21FO3/c1-3-18-15(17)7-5-4-6-10-19-13-9-8-12(2)14(16)11-13/h8-9,11H,3-7,10H2,1-2H3. The predicted molar refractivity (Wildman–Crippen MR) is 71.7 cm³/mol. The third-order valence-corrected chi connectivity index (χ3v) is 2.74. The summed E-state index contributed by atoms with van der Waals surface area (Å²) in [6.07, 6.45) is 2.99. The van der Waals surface area contributed by atoms with E-state index in [0.717, 1.165) is 19.3 Å². The fourth-order valence-corrected chi connectivity index (χ4v) is 1.63. The summed E-state index contributed by atoms with van der Waals surface area (Å²) in [6, 6.07) is 4.86. The van der Waals surface area contributed by atoms with Crippen LogP contribution in [-0.4, -0.2) is 19.2 Å². The lowest BCUT2D eigenvalue weighted by Crippen LogP contribution is -2.04. The highest BCUT2D eigenvalue weighted by atomic mass is 19.1. The lowest BCUT2D eigenvalue weighted by atomic mass is 10.2. The number of esters is 1. The van der Waals surface area contributed by atoms with Crippen molar-refractivity contribution >= 4 is 5.97 Å². The first-order valence-corrected chi connectivity index (χ1v) is 6.68. The zero-order valence-electron chi connectivity index (χ0n) is 11.6. The molecule has 0 N–H and O–H groups in total. The number of hydrogen-bond donors (Lipinski definition) is 0. The number of aryl methyl sites for hydroxylation is 1. The molecule has 1 aromatic rings. The second-order valence-electron chi connectivity index (χ2n) is 4.38. The molecule has 0 heterocycles. The van der Waals surface area contributed by atoms with Crippen LogP contribution in [0.4, 0.5) is 4.39 Å². The summed E-state index contributed by atoms with van der Waals surface area (Å²) >= 11 is 0. The Morgan fingerprint density at radius 2 is 2.05 bits per heavy atom. The molecule has 106 valence electrons. The van der Waals surface area contributed by atoms with Crippen molar-refractivity contribution in [2.24, 2.45) is 0 Å². The van der Waals surface area contributed by atoms with Gasteiger partial charge in [-0.25, -0.2) is 4.39 Å². The van der Waals surface area contributed by atoms with E-state index >= 15 is 0 Å². The van der Waals surface area contributed by atoms with Crippen LogP contribution in [-0.2, 0) is 9.53 Å². The lowest BCUT2D eigenvalue weighted by Gasteiger charge is -2.07. The molecule has 1 aromatic carbocycles. The largest absolute Gasteiger partial charge is 0.493 e. The van der Waals surface area contributed by atoms with Crippen molar-refractivity contribution in [3.8, 4) is 5.75 Å². The van der Waals surface area contributed by atoms with E-state index in [9.17, 15) is 9.18 Å². The van der Waals surface area contributed by atoms with E-state index in [2.05, 4.69) is 0 Å². The maximum atomic E-state index is 13.2. The fourth-order valence-electron chi connectivity index (χ4n) is 1.63. The average molecular weight is 268 g/mol. The molecule has 0 fully saturated rings. The highest BCUT2D eigenvalue weighted by molar-refractivity contribution is 5.69. The Labute approximate surface area is 113 Å². The molecule has 0 bridgehead atoms. The topological polar surface area (TPSA) is 35.5 Å². The number of halogens is 1. The van der Waals surface area contributed by atoms with Gasteiger partial charge in [0.2, 0.25) is 0 Å². The van der Waals surface area contributed by atoms with Crippen molar-refractivity contribution in [2.45, 2.75) is 39.5 Å². The maximum Gasteiger partial charge on any atom is 0.305 e. The van der Waals surface area contributed by atoms with Crippen LogP contribution in [0.1, 0.15) is 38.2 Å². The Bertz CT molecular complexity index is 404. The monoisotopic (exact) mass is 268 g/mol. The lowest BCUT2D eigenvalue weighted by molar-refractivity contribution is -0.143. The molecule has 0 amide bonds. The molecule has 4 heteroatoms. The van der Waals surface area contributed by atoms with Crippen LogP contribution in [0.15, 0.2) is 18.2 Å². The third kappa shape index (κ3) is 6.22. The number of unbranched alkanes of at least 4 members (excludes halogenated alkanes) is 2. The van der Waals surface area contributed by atoms with Gasteiger partial charge >= 0.3 is 5.97 Å². The summed E-state index contributed by atoms with van der Waals surface area (Å²) in [5.74, 6) is 0.150. The maximum absolute atomic E-state index is 13.2. The summed E-state index contributed by atoms with van der Waals surface area (Å²) in [5, 5.41) is 0. The quantitative estimate of drug-likeness (QED) is 0.533. The molecule has 3 nitrogen and oxygen atoms in total. The highest BCUT2D eigenvalue weighted by Gasteiger charge is 2.02. The van der Waals surface area contributed by atoms with Gasteiger partial charge in [0.1, 0.15) is 11.6 Å². The molecule has 1 rings (SSSR count). The first-order valence-electron chi connectivity index (χ1n) is 6.68. The van der Waals surface area contributed by atoms with Gasteiger partial charge in [0.25, 0.3) is 0 Å². The smallest absolute Gasteiger partial charge is 0.305 e. The molecule has 0 spiro atoms. The number of ether oxygens (including phenoxy) is 2. The zero-order chi connectivity index (χ0) is 14.1. The molecule has 0 unspecified atom stereocenters. The van der Waals surface area contributed by atoms with Gasteiger partial charge in [-0.1, -0.05) is 6.07 Å². The van der Waals surface area contributed by atoms with E-state index in [1.54, 1.807) is 26.0 Å². The van der Waals surface area contributed by atoms with Crippen molar-refractivity contribution in [1.29, 1.82) is 0 Å². The van der Waals surface area contributed by atoms with Crippen LogP contribution in [0.25, 0.3) is 0 Å². The van der Waals surface area contributed by atoms with Crippen LogP contribution < -0.4 is 4.74 Å². The molecule has 0 radical (unpaired) electrons. The zero-order valence-corrected chi connectivity index (χ0v) is 11.6. The second-order valence-corrected chi connectivity index (χ2v) is 4.38. The van der Waals surface area contributed by atoms with Crippen molar-refractivity contribution in [3.05, 3.63) is 29.6 Å². The number of carbonyl (C=O) groups excluding carboxylic acids is 1. The summed E-state index contributed by atoms with van der Waals surface area (Å²) < 4.78 is 23.5. The molecular weight excluding hydrogens is 247 g/mol. The van der Waals surface area contributed by atoms with E-state index in [1.807, 2.05) is 0 Å². The minimum absolute atomic E-state index is 0.149. The minimum Gasteiger partial charge on any atom is -0.493 e. The minimum atomic E-state index is -0.250.